The van der Waals surface area contributed by atoms with E-state index < -0.39 is 4.92 Å². The average Bonchev–Trinajstić information content (AvgIpc) is 2.71. The van der Waals surface area contributed by atoms with Crippen molar-refractivity contribution >= 4 is 17.3 Å². The first-order valence-electron chi connectivity index (χ1n) is 9.43. The summed E-state index contributed by atoms with van der Waals surface area (Å²) in [5.74, 6) is 0.827. The minimum absolute atomic E-state index is 0.0287. The van der Waals surface area contributed by atoms with Crippen LogP contribution in [-0.4, -0.2) is 31.0 Å². The summed E-state index contributed by atoms with van der Waals surface area (Å²) in [4.78, 5) is 25.8. The van der Waals surface area contributed by atoms with E-state index in [2.05, 4.69) is 12.2 Å². The molecule has 1 saturated heterocycles. The number of benzene rings is 2. The van der Waals surface area contributed by atoms with E-state index in [-0.39, 0.29) is 23.7 Å². The molecule has 7 nitrogen and oxygen atoms in total. The van der Waals surface area contributed by atoms with Gasteiger partial charge in [-0.15, -0.1) is 0 Å². The third-order valence-electron chi connectivity index (χ3n) is 5.06. The van der Waals surface area contributed by atoms with E-state index in [1.807, 2.05) is 29.2 Å². The number of amides is 1. The first-order chi connectivity index (χ1) is 13.5. The maximum absolute atomic E-state index is 12.5. The van der Waals surface area contributed by atoms with Crippen molar-refractivity contribution in [2.24, 2.45) is 5.92 Å². The summed E-state index contributed by atoms with van der Waals surface area (Å²) in [5, 5.41) is 14.4. The van der Waals surface area contributed by atoms with Gasteiger partial charge < -0.3 is 15.0 Å². The number of hydrogen-bond donors (Lipinski definition) is 1. The molecule has 3 rings (SSSR count). The number of nitrogens with zero attached hydrogens (tertiary/aromatic N) is 2. The SMILES string of the molecule is COc1ccccc1CNC(=O)c1ccc(N2CCC[C@@H](C)C2)c([N+](=O)[O-])c1. The summed E-state index contributed by atoms with van der Waals surface area (Å²) in [6.45, 7) is 4.02. The van der Waals surface area contributed by atoms with Crippen LogP contribution < -0.4 is 15.0 Å². The van der Waals surface area contributed by atoms with E-state index in [1.54, 1.807) is 19.2 Å². The second-order valence-corrected chi connectivity index (χ2v) is 7.15. The minimum atomic E-state index is -0.411. The molecule has 0 bridgehead atoms. The minimum Gasteiger partial charge on any atom is -0.496 e. The fourth-order valence-corrected chi connectivity index (χ4v) is 3.61. The third kappa shape index (κ3) is 4.42. The number of methoxy groups -OCH3 is 1. The number of nitro groups is 1. The van der Waals surface area contributed by atoms with Gasteiger partial charge in [-0.3, -0.25) is 14.9 Å². The highest BCUT2D eigenvalue weighted by Gasteiger charge is 2.25. The monoisotopic (exact) mass is 383 g/mol. The Morgan fingerprint density at radius 1 is 1.32 bits per heavy atom. The summed E-state index contributed by atoms with van der Waals surface area (Å²) in [6.07, 6.45) is 2.15. The normalized spacial score (nSPS) is 16.5. The van der Waals surface area contributed by atoms with Gasteiger partial charge in [0.2, 0.25) is 0 Å². The molecular formula is C21H25N3O4. The molecule has 0 unspecified atom stereocenters. The summed E-state index contributed by atoms with van der Waals surface area (Å²) < 4.78 is 5.28. The maximum Gasteiger partial charge on any atom is 0.293 e. The molecule has 1 N–H and O–H groups in total. The first kappa shape index (κ1) is 19.7. The van der Waals surface area contributed by atoms with Crippen LogP contribution in [0.3, 0.4) is 0 Å². The molecule has 0 saturated carbocycles. The van der Waals surface area contributed by atoms with Crippen molar-refractivity contribution in [1.29, 1.82) is 0 Å². The van der Waals surface area contributed by atoms with Crippen LogP contribution in [0, 0.1) is 16.0 Å². The molecular weight excluding hydrogens is 358 g/mol. The van der Waals surface area contributed by atoms with Gasteiger partial charge >= 0.3 is 0 Å². The van der Waals surface area contributed by atoms with Gasteiger partial charge in [0.1, 0.15) is 11.4 Å². The van der Waals surface area contributed by atoms with Crippen LogP contribution in [0.1, 0.15) is 35.7 Å². The van der Waals surface area contributed by atoms with Crippen LogP contribution in [-0.2, 0) is 6.54 Å². The molecule has 0 spiro atoms. The second kappa shape index (κ2) is 8.73. The van der Waals surface area contributed by atoms with Crippen molar-refractivity contribution in [3.63, 3.8) is 0 Å². The van der Waals surface area contributed by atoms with Gasteiger partial charge in [-0.05, 0) is 37.0 Å². The highest BCUT2D eigenvalue weighted by atomic mass is 16.6. The van der Waals surface area contributed by atoms with E-state index in [0.717, 1.165) is 31.5 Å². The van der Waals surface area contributed by atoms with Crippen LogP contribution in [0.5, 0.6) is 5.75 Å². The Labute approximate surface area is 164 Å². The Morgan fingerprint density at radius 2 is 2.11 bits per heavy atom. The molecule has 1 atom stereocenters. The number of hydrogen-bond acceptors (Lipinski definition) is 5. The molecule has 148 valence electrons. The van der Waals surface area contributed by atoms with Gasteiger partial charge in [-0.1, -0.05) is 25.1 Å². The number of anilines is 1. The number of nitro benzene ring substituents is 1. The van der Waals surface area contributed by atoms with E-state index in [0.29, 0.717) is 17.4 Å². The topological polar surface area (TPSA) is 84.7 Å². The highest BCUT2D eigenvalue weighted by molar-refractivity contribution is 5.95. The first-order valence-corrected chi connectivity index (χ1v) is 9.43. The Balaban J connectivity index is 1.77. The standard InChI is InChI=1S/C21H25N3O4/c1-15-6-5-11-23(14-15)18-10-9-16(12-19(18)24(26)27)21(25)22-13-17-7-3-4-8-20(17)28-2/h3-4,7-10,12,15H,5-6,11,13-14H2,1-2H3,(H,22,25)/t15-/m1/s1. The molecule has 2 aromatic rings. The Morgan fingerprint density at radius 3 is 2.82 bits per heavy atom. The van der Waals surface area contributed by atoms with Crippen molar-refractivity contribution < 1.29 is 14.5 Å². The smallest absolute Gasteiger partial charge is 0.293 e. The van der Waals surface area contributed by atoms with Crippen LogP contribution in [0.2, 0.25) is 0 Å². The van der Waals surface area contributed by atoms with Crippen molar-refractivity contribution in [2.45, 2.75) is 26.3 Å². The summed E-state index contributed by atoms with van der Waals surface area (Å²) in [7, 11) is 1.57. The molecule has 0 aromatic heterocycles. The number of para-hydroxylation sites is 1. The highest BCUT2D eigenvalue weighted by Crippen LogP contribution is 2.32. The van der Waals surface area contributed by atoms with Gasteiger partial charge in [0.25, 0.3) is 11.6 Å². The lowest BCUT2D eigenvalue weighted by Crippen LogP contribution is -2.34. The molecule has 1 heterocycles. The van der Waals surface area contributed by atoms with E-state index in [4.69, 9.17) is 4.74 Å². The van der Waals surface area contributed by atoms with Gasteiger partial charge in [0, 0.05) is 36.8 Å². The Bertz CT molecular complexity index is 868. The second-order valence-electron chi connectivity index (χ2n) is 7.15. The molecule has 0 aliphatic carbocycles. The largest absolute Gasteiger partial charge is 0.496 e. The van der Waals surface area contributed by atoms with Crippen molar-refractivity contribution in [3.8, 4) is 5.75 Å². The predicted molar refractivity (Wildman–Crippen MR) is 108 cm³/mol. The lowest BCUT2D eigenvalue weighted by Gasteiger charge is -2.32. The fourth-order valence-electron chi connectivity index (χ4n) is 3.61. The number of nitrogens with one attached hydrogen (secondary N) is 1. The molecule has 0 radical (unpaired) electrons. The Hall–Kier alpha value is -3.09. The third-order valence-corrected chi connectivity index (χ3v) is 5.06. The molecule has 1 aliphatic heterocycles. The quantitative estimate of drug-likeness (QED) is 0.606. The van der Waals surface area contributed by atoms with Gasteiger partial charge in [-0.25, -0.2) is 0 Å². The molecule has 2 aromatic carbocycles. The fraction of sp³-hybridized carbons (Fsp3) is 0.381. The van der Waals surface area contributed by atoms with Crippen LogP contribution in [0.25, 0.3) is 0 Å². The van der Waals surface area contributed by atoms with Crippen LogP contribution >= 0.6 is 0 Å². The van der Waals surface area contributed by atoms with Gasteiger partial charge in [0.15, 0.2) is 0 Å². The maximum atomic E-state index is 12.5. The average molecular weight is 383 g/mol. The predicted octanol–water partition coefficient (Wildman–Crippen LogP) is 3.77. The zero-order chi connectivity index (χ0) is 20.1. The van der Waals surface area contributed by atoms with Gasteiger partial charge in [-0.2, -0.15) is 0 Å². The van der Waals surface area contributed by atoms with E-state index in [1.165, 1.54) is 6.07 Å². The van der Waals surface area contributed by atoms with Crippen LogP contribution in [0.15, 0.2) is 42.5 Å². The number of piperidine rings is 1. The number of carbonyl (C=O) groups excluding carboxylic acids is 1. The van der Waals surface area contributed by atoms with Crippen molar-refractivity contribution in [1.82, 2.24) is 5.32 Å². The summed E-state index contributed by atoms with van der Waals surface area (Å²) in [6, 6.07) is 12.1. The number of carbonyl (C=O) groups is 1. The molecule has 1 amide bonds. The van der Waals surface area contributed by atoms with E-state index in [9.17, 15) is 14.9 Å². The molecule has 7 heteroatoms. The molecule has 1 fully saturated rings. The van der Waals surface area contributed by atoms with Crippen molar-refractivity contribution in [3.05, 3.63) is 63.7 Å². The van der Waals surface area contributed by atoms with Crippen LogP contribution in [0.4, 0.5) is 11.4 Å². The number of ether oxygens (including phenoxy) is 1. The molecule has 1 aliphatic rings. The zero-order valence-electron chi connectivity index (χ0n) is 16.2. The summed E-state index contributed by atoms with van der Waals surface area (Å²) >= 11 is 0. The Kier molecular flexibility index (Phi) is 6.13. The lowest BCUT2D eigenvalue weighted by atomic mass is 9.99. The van der Waals surface area contributed by atoms with Crippen molar-refractivity contribution in [2.75, 3.05) is 25.1 Å². The zero-order valence-corrected chi connectivity index (χ0v) is 16.2. The number of rotatable bonds is 6. The summed E-state index contributed by atoms with van der Waals surface area (Å²) in [5.41, 5.74) is 1.67. The van der Waals surface area contributed by atoms with E-state index >= 15 is 0 Å². The molecule has 28 heavy (non-hydrogen) atoms. The lowest BCUT2D eigenvalue weighted by molar-refractivity contribution is -0.384. The van der Waals surface area contributed by atoms with Gasteiger partial charge in [0.05, 0.1) is 12.0 Å².